The Morgan fingerprint density at radius 1 is 1.22 bits per heavy atom. The Kier molecular flexibility index (Phi) is 5.89. The van der Waals surface area contributed by atoms with Crippen LogP contribution in [0.3, 0.4) is 0 Å². The highest BCUT2D eigenvalue weighted by atomic mass is 16.5. The fourth-order valence-electron chi connectivity index (χ4n) is 1.60. The van der Waals surface area contributed by atoms with Gasteiger partial charge in [-0.2, -0.15) is 4.98 Å². The van der Waals surface area contributed by atoms with Crippen LogP contribution in [-0.2, 0) is 6.42 Å². The lowest BCUT2D eigenvalue weighted by Crippen LogP contribution is -2.12. The maximum Gasteiger partial charge on any atom is 0.221 e. The van der Waals surface area contributed by atoms with Crippen molar-refractivity contribution in [3.8, 4) is 5.88 Å². The van der Waals surface area contributed by atoms with Crippen molar-refractivity contribution in [1.82, 2.24) is 9.97 Å². The van der Waals surface area contributed by atoms with E-state index < -0.39 is 0 Å². The predicted molar refractivity (Wildman–Crippen MR) is 75.3 cm³/mol. The van der Waals surface area contributed by atoms with Crippen molar-refractivity contribution in [2.24, 2.45) is 5.92 Å². The molecule has 4 heteroatoms. The summed E-state index contributed by atoms with van der Waals surface area (Å²) in [4.78, 5) is 9.04. The number of nitrogens with zero attached hydrogens (tertiary/aromatic N) is 2. The SMILES string of the molecule is CCCc1nc(NCC)c(C)c(OCC(C)C)n1. The van der Waals surface area contributed by atoms with E-state index >= 15 is 0 Å². The van der Waals surface area contributed by atoms with E-state index in [1.165, 1.54) is 0 Å². The van der Waals surface area contributed by atoms with Gasteiger partial charge in [-0.05, 0) is 26.2 Å². The van der Waals surface area contributed by atoms with Gasteiger partial charge in [0.1, 0.15) is 11.6 Å². The topological polar surface area (TPSA) is 47.0 Å². The van der Waals surface area contributed by atoms with Crippen LogP contribution in [-0.4, -0.2) is 23.1 Å². The van der Waals surface area contributed by atoms with E-state index in [9.17, 15) is 0 Å². The smallest absolute Gasteiger partial charge is 0.221 e. The van der Waals surface area contributed by atoms with Crippen LogP contribution in [0.1, 0.15) is 45.5 Å². The van der Waals surface area contributed by atoms with Crippen molar-refractivity contribution in [3.63, 3.8) is 0 Å². The van der Waals surface area contributed by atoms with E-state index in [4.69, 9.17) is 4.74 Å². The molecule has 18 heavy (non-hydrogen) atoms. The molecule has 0 aliphatic rings. The third kappa shape index (κ3) is 4.17. The van der Waals surface area contributed by atoms with Crippen LogP contribution in [0.25, 0.3) is 0 Å². The van der Waals surface area contributed by atoms with E-state index in [0.29, 0.717) is 12.5 Å². The fraction of sp³-hybridized carbons (Fsp3) is 0.714. The molecule has 1 N–H and O–H groups in total. The Morgan fingerprint density at radius 2 is 1.94 bits per heavy atom. The van der Waals surface area contributed by atoms with Gasteiger partial charge in [-0.15, -0.1) is 0 Å². The standard InChI is InChI=1S/C14H25N3O/c1-6-8-12-16-13(15-7-2)11(5)14(17-12)18-9-10(3)4/h10H,6-9H2,1-5H3,(H,15,16,17). The molecule has 1 rings (SSSR count). The van der Waals surface area contributed by atoms with Crippen molar-refractivity contribution in [3.05, 3.63) is 11.4 Å². The fourth-order valence-corrected chi connectivity index (χ4v) is 1.60. The van der Waals surface area contributed by atoms with Gasteiger partial charge in [0.15, 0.2) is 0 Å². The summed E-state index contributed by atoms with van der Waals surface area (Å²) in [5, 5.41) is 3.27. The van der Waals surface area contributed by atoms with Crippen LogP contribution in [0.4, 0.5) is 5.82 Å². The van der Waals surface area contributed by atoms with Gasteiger partial charge < -0.3 is 10.1 Å². The van der Waals surface area contributed by atoms with E-state index in [0.717, 1.165) is 42.5 Å². The summed E-state index contributed by atoms with van der Waals surface area (Å²) in [5.41, 5.74) is 0.998. The molecule has 0 saturated heterocycles. The Morgan fingerprint density at radius 3 is 2.50 bits per heavy atom. The maximum atomic E-state index is 5.78. The van der Waals surface area contributed by atoms with Gasteiger partial charge in [0, 0.05) is 13.0 Å². The van der Waals surface area contributed by atoms with Crippen LogP contribution in [0.15, 0.2) is 0 Å². The molecule has 0 bridgehead atoms. The van der Waals surface area contributed by atoms with E-state index in [1.54, 1.807) is 0 Å². The Labute approximate surface area is 110 Å². The minimum absolute atomic E-state index is 0.497. The molecule has 0 aromatic carbocycles. The number of aromatic nitrogens is 2. The zero-order chi connectivity index (χ0) is 13.5. The van der Waals surface area contributed by atoms with Gasteiger partial charge in [-0.25, -0.2) is 4.98 Å². The quantitative estimate of drug-likeness (QED) is 0.808. The normalized spacial score (nSPS) is 10.8. The highest BCUT2D eigenvalue weighted by molar-refractivity contribution is 5.48. The molecule has 0 unspecified atom stereocenters. The summed E-state index contributed by atoms with van der Waals surface area (Å²) < 4.78 is 5.78. The van der Waals surface area contributed by atoms with E-state index in [2.05, 4.69) is 43.0 Å². The molecule has 0 aliphatic carbocycles. The molecule has 1 aromatic rings. The molecular weight excluding hydrogens is 226 g/mol. The lowest BCUT2D eigenvalue weighted by molar-refractivity contribution is 0.258. The summed E-state index contributed by atoms with van der Waals surface area (Å²) in [6.45, 7) is 12.0. The number of hydrogen-bond acceptors (Lipinski definition) is 4. The maximum absolute atomic E-state index is 5.78. The van der Waals surface area contributed by atoms with Crippen molar-refractivity contribution >= 4 is 5.82 Å². The van der Waals surface area contributed by atoms with Crippen LogP contribution in [0.5, 0.6) is 5.88 Å². The van der Waals surface area contributed by atoms with Gasteiger partial charge >= 0.3 is 0 Å². The lowest BCUT2D eigenvalue weighted by Gasteiger charge is -2.14. The molecule has 0 fully saturated rings. The zero-order valence-electron chi connectivity index (χ0n) is 12.2. The third-order valence-corrected chi connectivity index (χ3v) is 2.52. The first-order valence-corrected chi connectivity index (χ1v) is 6.82. The molecule has 1 aromatic heterocycles. The molecule has 0 amide bonds. The van der Waals surface area contributed by atoms with E-state index in [-0.39, 0.29) is 0 Å². The Balaban J connectivity index is 2.97. The monoisotopic (exact) mass is 251 g/mol. The molecule has 0 spiro atoms. The van der Waals surface area contributed by atoms with Crippen molar-refractivity contribution in [2.75, 3.05) is 18.5 Å². The Bertz CT molecular complexity index is 378. The number of ether oxygens (including phenoxy) is 1. The van der Waals surface area contributed by atoms with Crippen LogP contribution >= 0.6 is 0 Å². The van der Waals surface area contributed by atoms with Crippen LogP contribution in [0, 0.1) is 12.8 Å². The summed E-state index contributed by atoms with van der Waals surface area (Å²) in [6, 6.07) is 0. The number of rotatable bonds is 7. The number of nitrogens with one attached hydrogen (secondary N) is 1. The number of hydrogen-bond donors (Lipinski definition) is 1. The van der Waals surface area contributed by atoms with Crippen LogP contribution < -0.4 is 10.1 Å². The van der Waals surface area contributed by atoms with Gasteiger partial charge in [-0.3, -0.25) is 0 Å². The molecule has 1 heterocycles. The van der Waals surface area contributed by atoms with Crippen molar-refractivity contribution in [2.45, 2.75) is 47.5 Å². The van der Waals surface area contributed by atoms with Gasteiger partial charge in [0.25, 0.3) is 0 Å². The highest BCUT2D eigenvalue weighted by Crippen LogP contribution is 2.23. The van der Waals surface area contributed by atoms with Gasteiger partial charge in [0.2, 0.25) is 5.88 Å². The van der Waals surface area contributed by atoms with Crippen molar-refractivity contribution < 1.29 is 4.74 Å². The van der Waals surface area contributed by atoms with Crippen LogP contribution in [0.2, 0.25) is 0 Å². The molecule has 0 aliphatic heterocycles. The summed E-state index contributed by atoms with van der Waals surface area (Å²) >= 11 is 0. The first-order valence-electron chi connectivity index (χ1n) is 6.82. The second-order valence-corrected chi connectivity index (χ2v) is 4.90. The number of aryl methyl sites for hydroxylation is 1. The highest BCUT2D eigenvalue weighted by Gasteiger charge is 2.11. The summed E-state index contributed by atoms with van der Waals surface area (Å²) in [6.07, 6.45) is 1.93. The second-order valence-electron chi connectivity index (χ2n) is 4.90. The minimum atomic E-state index is 0.497. The van der Waals surface area contributed by atoms with Gasteiger partial charge in [-0.1, -0.05) is 20.8 Å². The molecule has 0 radical (unpaired) electrons. The Hall–Kier alpha value is -1.32. The number of anilines is 1. The van der Waals surface area contributed by atoms with E-state index in [1.807, 2.05) is 6.92 Å². The second kappa shape index (κ2) is 7.19. The molecular formula is C14H25N3O. The third-order valence-electron chi connectivity index (χ3n) is 2.52. The van der Waals surface area contributed by atoms with Crippen molar-refractivity contribution in [1.29, 1.82) is 0 Å². The van der Waals surface area contributed by atoms with Gasteiger partial charge in [0.05, 0.1) is 12.2 Å². The molecule has 4 nitrogen and oxygen atoms in total. The largest absolute Gasteiger partial charge is 0.477 e. The summed E-state index contributed by atoms with van der Waals surface area (Å²) in [7, 11) is 0. The first kappa shape index (κ1) is 14.7. The zero-order valence-corrected chi connectivity index (χ0v) is 12.2. The molecule has 102 valence electrons. The molecule has 0 saturated carbocycles. The first-order chi connectivity index (χ1) is 8.58. The lowest BCUT2D eigenvalue weighted by atomic mass is 10.2. The predicted octanol–water partition coefficient (Wildman–Crippen LogP) is 3.20. The summed E-state index contributed by atoms with van der Waals surface area (Å²) in [5.74, 6) is 2.97. The average molecular weight is 251 g/mol. The minimum Gasteiger partial charge on any atom is -0.477 e. The average Bonchev–Trinajstić information content (AvgIpc) is 2.32. The molecule has 0 atom stereocenters.